The standard InChI is InChI=1S/C11H23N3O3S2/c1-3-10(11(12)18)19(15,16)13-7-9-8-14(4-2)5-6-17-9/h9-10,13H,3-8H2,1-2H3,(H2,12,18). The predicted molar refractivity (Wildman–Crippen MR) is 79.6 cm³/mol. The number of morpholine rings is 1. The molecule has 1 aliphatic heterocycles. The van der Waals surface area contributed by atoms with Crippen LogP contribution in [0, 0.1) is 0 Å². The minimum absolute atomic E-state index is 0.00903. The Morgan fingerprint density at radius 3 is 2.79 bits per heavy atom. The van der Waals surface area contributed by atoms with E-state index in [9.17, 15) is 8.42 Å². The number of rotatable bonds is 7. The molecule has 0 aromatic rings. The van der Waals surface area contributed by atoms with Crippen molar-refractivity contribution < 1.29 is 13.2 Å². The third kappa shape index (κ3) is 4.96. The summed E-state index contributed by atoms with van der Waals surface area (Å²) in [5.41, 5.74) is 5.46. The highest BCUT2D eigenvalue weighted by Gasteiger charge is 2.28. The number of nitrogens with one attached hydrogen (secondary N) is 1. The van der Waals surface area contributed by atoms with Crippen LogP contribution in [-0.4, -0.2) is 62.4 Å². The van der Waals surface area contributed by atoms with Gasteiger partial charge in [0.1, 0.15) is 5.25 Å². The Hall–Kier alpha value is -0.280. The van der Waals surface area contributed by atoms with Crippen molar-refractivity contribution in [2.24, 2.45) is 5.73 Å². The van der Waals surface area contributed by atoms with E-state index in [0.717, 1.165) is 19.6 Å². The minimum atomic E-state index is -3.51. The Bertz CT molecular complexity index is 400. The maximum absolute atomic E-state index is 12.0. The molecule has 0 aliphatic carbocycles. The SMILES string of the molecule is CCC(C(N)=S)S(=O)(=O)NCC1CN(CC)CCO1. The average molecular weight is 309 g/mol. The fourth-order valence-electron chi connectivity index (χ4n) is 2.07. The van der Waals surface area contributed by atoms with Crippen molar-refractivity contribution in [2.45, 2.75) is 31.6 Å². The summed E-state index contributed by atoms with van der Waals surface area (Å²) >= 11 is 4.79. The zero-order valence-electron chi connectivity index (χ0n) is 11.5. The molecule has 112 valence electrons. The zero-order chi connectivity index (χ0) is 14.5. The molecule has 2 atom stereocenters. The van der Waals surface area contributed by atoms with Gasteiger partial charge in [0.25, 0.3) is 0 Å². The fraction of sp³-hybridized carbons (Fsp3) is 0.909. The third-order valence-corrected chi connectivity index (χ3v) is 5.58. The Morgan fingerprint density at radius 2 is 2.26 bits per heavy atom. The van der Waals surface area contributed by atoms with Crippen molar-refractivity contribution in [1.82, 2.24) is 9.62 Å². The van der Waals surface area contributed by atoms with Gasteiger partial charge in [0.05, 0.1) is 17.7 Å². The molecule has 3 N–H and O–H groups in total. The molecule has 1 aliphatic rings. The van der Waals surface area contributed by atoms with Crippen LogP contribution in [0.1, 0.15) is 20.3 Å². The molecule has 1 heterocycles. The Morgan fingerprint density at radius 1 is 1.58 bits per heavy atom. The third-order valence-electron chi connectivity index (χ3n) is 3.25. The van der Waals surface area contributed by atoms with Crippen molar-refractivity contribution in [3.63, 3.8) is 0 Å². The summed E-state index contributed by atoms with van der Waals surface area (Å²) in [6.45, 7) is 7.29. The summed E-state index contributed by atoms with van der Waals surface area (Å²) in [5.74, 6) is 0. The van der Waals surface area contributed by atoms with Crippen molar-refractivity contribution in [3.05, 3.63) is 0 Å². The monoisotopic (exact) mass is 309 g/mol. The number of likely N-dealkylation sites (N-methyl/N-ethyl adjacent to an activating group) is 1. The first-order valence-electron chi connectivity index (χ1n) is 6.52. The molecule has 0 bridgehead atoms. The van der Waals surface area contributed by atoms with E-state index in [1.54, 1.807) is 6.92 Å². The highest BCUT2D eigenvalue weighted by molar-refractivity contribution is 7.93. The van der Waals surface area contributed by atoms with Crippen LogP contribution in [0.15, 0.2) is 0 Å². The Balaban J connectivity index is 2.53. The van der Waals surface area contributed by atoms with E-state index in [1.807, 2.05) is 0 Å². The molecule has 0 aromatic carbocycles. The van der Waals surface area contributed by atoms with Gasteiger partial charge in [-0.3, -0.25) is 4.90 Å². The van der Waals surface area contributed by atoms with Gasteiger partial charge in [-0.25, -0.2) is 13.1 Å². The lowest BCUT2D eigenvalue weighted by Gasteiger charge is -2.32. The first kappa shape index (κ1) is 16.8. The molecule has 0 amide bonds. The lowest BCUT2D eigenvalue weighted by Crippen LogP contribution is -2.49. The van der Waals surface area contributed by atoms with E-state index < -0.39 is 15.3 Å². The second-order valence-corrected chi connectivity index (χ2v) is 7.00. The molecule has 0 spiro atoms. The Labute approximate surface area is 120 Å². The number of nitrogens with zero attached hydrogens (tertiary/aromatic N) is 1. The van der Waals surface area contributed by atoms with E-state index in [2.05, 4.69) is 16.5 Å². The second-order valence-electron chi connectivity index (χ2n) is 4.58. The molecule has 0 radical (unpaired) electrons. The first-order valence-corrected chi connectivity index (χ1v) is 8.47. The van der Waals surface area contributed by atoms with Gasteiger partial charge in [0, 0.05) is 19.6 Å². The topological polar surface area (TPSA) is 84.7 Å². The largest absolute Gasteiger partial charge is 0.392 e. The molecule has 0 aromatic heterocycles. The van der Waals surface area contributed by atoms with Gasteiger partial charge in [-0.2, -0.15) is 0 Å². The lowest BCUT2D eigenvalue weighted by molar-refractivity contribution is -0.0229. The molecular formula is C11H23N3O3S2. The molecule has 1 rings (SSSR count). The molecule has 19 heavy (non-hydrogen) atoms. The summed E-state index contributed by atoms with van der Waals surface area (Å²) in [4.78, 5) is 2.24. The quantitative estimate of drug-likeness (QED) is 0.628. The van der Waals surface area contributed by atoms with Gasteiger partial charge in [0.2, 0.25) is 10.0 Å². The van der Waals surface area contributed by atoms with Gasteiger partial charge in [0.15, 0.2) is 0 Å². The van der Waals surface area contributed by atoms with Crippen LogP contribution >= 0.6 is 12.2 Å². The van der Waals surface area contributed by atoms with E-state index in [1.165, 1.54) is 0 Å². The zero-order valence-corrected chi connectivity index (χ0v) is 13.1. The van der Waals surface area contributed by atoms with Crippen LogP contribution in [0.2, 0.25) is 0 Å². The number of hydrogen-bond acceptors (Lipinski definition) is 5. The van der Waals surface area contributed by atoms with Crippen LogP contribution in [0.25, 0.3) is 0 Å². The van der Waals surface area contributed by atoms with Crippen LogP contribution in [-0.2, 0) is 14.8 Å². The minimum Gasteiger partial charge on any atom is -0.392 e. The van der Waals surface area contributed by atoms with Gasteiger partial charge in [-0.15, -0.1) is 0 Å². The van der Waals surface area contributed by atoms with Crippen LogP contribution in [0.3, 0.4) is 0 Å². The number of thiocarbonyl (C=S) groups is 1. The smallest absolute Gasteiger partial charge is 0.221 e. The summed E-state index contributed by atoms with van der Waals surface area (Å²) in [5, 5.41) is -0.812. The number of hydrogen-bond donors (Lipinski definition) is 2. The van der Waals surface area contributed by atoms with E-state index in [4.69, 9.17) is 22.7 Å². The van der Waals surface area contributed by atoms with Crippen molar-refractivity contribution >= 4 is 27.2 Å². The number of ether oxygens (including phenoxy) is 1. The summed E-state index contributed by atoms with van der Waals surface area (Å²) < 4.78 is 32.2. The van der Waals surface area contributed by atoms with E-state index in [-0.39, 0.29) is 17.6 Å². The summed E-state index contributed by atoms with van der Waals surface area (Å²) in [7, 11) is -3.51. The Kier molecular flexibility index (Phi) is 6.61. The molecule has 2 unspecified atom stereocenters. The molecule has 8 heteroatoms. The van der Waals surface area contributed by atoms with Gasteiger partial charge < -0.3 is 10.5 Å². The predicted octanol–water partition coefficient (Wildman–Crippen LogP) is -0.309. The molecule has 1 fully saturated rings. The number of nitrogens with two attached hydrogens (primary N) is 1. The number of sulfonamides is 1. The highest BCUT2D eigenvalue weighted by Crippen LogP contribution is 2.07. The van der Waals surface area contributed by atoms with Crippen LogP contribution in [0.5, 0.6) is 0 Å². The summed E-state index contributed by atoms with van der Waals surface area (Å²) in [6.07, 6.45) is 0.254. The van der Waals surface area contributed by atoms with Crippen molar-refractivity contribution in [2.75, 3.05) is 32.8 Å². The van der Waals surface area contributed by atoms with Crippen molar-refractivity contribution in [1.29, 1.82) is 0 Å². The second kappa shape index (κ2) is 7.49. The molecule has 6 nitrogen and oxygen atoms in total. The van der Waals surface area contributed by atoms with Crippen LogP contribution < -0.4 is 10.5 Å². The molecule has 0 saturated carbocycles. The lowest BCUT2D eigenvalue weighted by atomic mass is 10.3. The van der Waals surface area contributed by atoms with Gasteiger partial charge in [-0.1, -0.05) is 26.1 Å². The van der Waals surface area contributed by atoms with Gasteiger partial charge >= 0.3 is 0 Å². The summed E-state index contributed by atoms with van der Waals surface area (Å²) in [6, 6.07) is 0. The van der Waals surface area contributed by atoms with Crippen molar-refractivity contribution in [3.8, 4) is 0 Å². The molecular weight excluding hydrogens is 286 g/mol. The maximum Gasteiger partial charge on any atom is 0.221 e. The molecule has 1 saturated heterocycles. The highest BCUT2D eigenvalue weighted by atomic mass is 32.2. The average Bonchev–Trinajstić information content (AvgIpc) is 2.37. The maximum atomic E-state index is 12.0. The van der Waals surface area contributed by atoms with Gasteiger partial charge in [-0.05, 0) is 13.0 Å². The normalized spacial score (nSPS) is 23.2. The fourth-order valence-corrected chi connectivity index (χ4v) is 3.99. The first-order chi connectivity index (χ1) is 8.90. The van der Waals surface area contributed by atoms with E-state index >= 15 is 0 Å². The van der Waals surface area contributed by atoms with E-state index in [0.29, 0.717) is 13.0 Å². The van der Waals surface area contributed by atoms with Crippen LogP contribution in [0.4, 0.5) is 0 Å².